The van der Waals surface area contributed by atoms with E-state index in [9.17, 15) is 4.79 Å². The van der Waals surface area contributed by atoms with Gasteiger partial charge in [-0.05, 0) is 43.2 Å². The molecule has 0 unspecified atom stereocenters. The van der Waals surface area contributed by atoms with Gasteiger partial charge in [-0.3, -0.25) is 4.79 Å². The Morgan fingerprint density at radius 1 is 1.14 bits per heavy atom. The lowest BCUT2D eigenvalue weighted by Gasteiger charge is -2.23. The molecule has 3 aromatic rings. The maximum Gasteiger partial charge on any atom is 0.254 e. The number of hydrogen-bond donors (Lipinski definition) is 0. The van der Waals surface area contributed by atoms with Crippen LogP contribution in [-0.4, -0.2) is 39.0 Å². The Labute approximate surface area is 172 Å². The minimum absolute atomic E-state index is 0.00284. The van der Waals surface area contributed by atoms with E-state index in [0.717, 1.165) is 49.2 Å². The van der Waals surface area contributed by atoms with Crippen molar-refractivity contribution < 1.29 is 9.53 Å². The van der Waals surface area contributed by atoms with Crippen LogP contribution in [0.1, 0.15) is 55.7 Å². The van der Waals surface area contributed by atoms with Crippen LogP contribution in [0.4, 0.5) is 0 Å². The molecule has 0 bridgehead atoms. The Morgan fingerprint density at radius 2 is 2.00 bits per heavy atom. The number of amides is 1. The number of hydrogen-bond acceptors (Lipinski definition) is 4. The molecule has 0 radical (unpaired) electrons. The average Bonchev–Trinajstić information content (AvgIpc) is 3.10. The summed E-state index contributed by atoms with van der Waals surface area (Å²) in [6, 6.07) is 11.2. The second-order valence-corrected chi connectivity index (χ2v) is 7.19. The van der Waals surface area contributed by atoms with Gasteiger partial charge in [-0.25, -0.2) is 9.97 Å². The van der Waals surface area contributed by atoms with Gasteiger partial charge in [0.25, 0.3) is 5.91 Å². The first-order chi connectivity index (χ1) is 14.2. The summed E-state index contributed by atoms with van der Waals surface area (Å²) in [6.07, 6.45) is 5.95. The fourth-order valence-electron chi connectivity index (χ4n) is 3.50. The Morgan fingerprint density at radius 3 is 2.76 bits per heavy atom. The zero-order valence-corrected chi connectivity index (χ0v) is 17.6. The molecule has 6 heteroatoms. The molecule has 1 amide bonds. The van der Waals surface area contributed by atoms with E-state index in [1.165, 1.54) is 0 Å². The van der Waals surface area contributed by atoms with Crippen LogP contribution in [0.5, 0.6) is 5.75 Å². The minimum Gasteiger partial charge on any atom is -0.497 e. The molecule has 0 aliphatic carbocycles. The number of nitrogens with zero attached hydrogens (tertiary/aromatic N) is 4. The summed E-state index contributed by atoms with van der Waals surface area (Å²) in [6.45, 7) is 6.31. The summed E-state index contributed by atoms with van der Waals surface area (Å²) in [5.74, 6) is 1.57. The van der Waals surface area contributed by atoms with Crippen LogP contribution in [0.2, 0.25) is 0 Å². The molecule has 1 aromatic carbocycles. The van der Waals surface area contributed by atoms with Crippen LogP contribution in [0, 0.1) is 0 Å². The summed E-state index contributed by atoms with van der Waals surface area (Å²) >= 11 is 0. The highest BCUT2D eigenvalue weighted by molar-refractivity contribution is 5.94. The molecule has 29 heavy (non-hydrogen) atoms. The smallest absolute Gasteiger partial charge is 0.254 e. The lowest BCUT2D eigenvalue weighted by Crippen LogP contribution is -2.32. The van der Waals surface area contributed by atoms with E-state index in [-0.39, 0.29) is 5.91 Å². The van der Waals surface area contributed by atoms with Crippen LogP contribution in [-0.2, 0) is 13.1 Å². The van der Waals surface area contributed by atoms with E-state index in [1.807, 2.05) is 35.2 Å². The van der Waals surface area contributed by atoms with Crippen molar-refractivity contribution in [1.29, 1.82) is 0 Å². The molecular weight excluding hydrogens is 364 g/mol. The predicted octanol–water partition coefficient (Wildman–Crippen LogP) is 4.68. The zero-order chi connectivity index (χ0) is 20.6. The molecule has 2 aromatic heterocycles. The first kappa shape index (κ1) is 20.8. The number of aryl methyl sites for hydroxylation is 1. The van der Waals surface area contributed by atoms with E-state index in [1.54, 1.807) is 19.4 Å². The van der Waals surface area contributed by atoms with Crippen molar-refractivity contribution in [1.82, 2.24) is 19.4 Å². The van der Waals surface area contributed by atoms with Gasteiger partial charge in [0.05, 0.1) is 13.7 Å². The van der Waals surface area contributed by atoms with E-state index in [0.29, 0.717) is 24.4 Å². The number of pyridine rings is 1. The maximum atomic E-state index is 13.3. The number of carbonyl (C=O) groups is 1. The molecule has 0 aliphatic heterocycles. The van der Waals surface area contributed by atoms with Gasteiger partial charge in [-0.1, -0.05) is 32.8 Å². The monoisotopic (exact) mass is 394 g/mol. The maximum absolute atomic E-state index is 13.3. The van der Waals surface area contributed by atoms with Crippen LogP contribution >= 0.6 is 0 Å². The lowest BCUT2D eigenvalue weighted by atomic mass is 10.1. The number of benzene rings is 1. The van der Waals surface area contributed by atoms with Gasteiger partial charge in [0.1, 0.15) is 17.1 Å². The van der Waals surface area contributed by atoms with Crippen LogP contribution in [0.3, 0.4) is 0 Å². The van der Waals surface area contributed by atoms with E-state index in [4.69, 9.17) is 9.72 Å². The highest BCUT2D eigenvalue weighted by atomic mass is 16.5. The first-order valence-electron chi connectivity index (χ1n) is 10.4. The van der Waals surface area contributed by atoms with Gasteiger partial charge in [-0.15, -0.1) is 0 Å². The highest BCUT2D eigenvalue weighted by Crippen LogP contribution is 2.19. The number of carbonyl (C=O) groups excluding carboxylic acids is 1. The summed E-state index contributed by atoms with van der Waals surface area (Å²) in [7, 11) is 1.61. The molecule has 0 fully saturated rings. The average molecular weight is 395 g/mol. The second kappa shape index (κ2) is 10.0. The Kier molecular flexibility index (Phi) is 7.22. The van der Waals surface area contributed by atoms with Crippen molar-refractivity contribution in [2.24, 2.45) is 0 Å². The van der Waals surface area contributed by atoms with E-state index in [2.05, 4.69) is 23.4 Å². The highest BCUT2D eigenvalue weighted by Gasteiger charge is 2.20. The normalized spacial score (nSPS) is 11.0. The van der Waals surface area contributed by atoms with E-state index >= 15 is 0 Å². The van der Waals surface area contributed by atoms with Crippen LogP contribution in [0.15, 0.2) is 42.6 Å². The molecule has 154 valence electrons. The van der Waals surface area contributed by atoms with Crippen molar-refractivity contribution in [2.75, 3.05) is 13.7 Å². The topological polar surface area (TPSA) is 60.2 Å². The number of methoxy groups -OCH3 is 1. The number of ether oxygens (including phenoxy) is 1. The fraction of sp³-hybridized carbons (Fsp3) is 0.435. The molecule has 2 heterocycles. The van der Waals surface area contributed by atoms with Crippen molar-refractivity contribution in [3.05, 3.63) is 54.0 Å². The molecule has 0 aliphatic rings. The van der Waals surface area contributed by atoms with Gasteiger partial charge >= 0.3 is 0 Å². The number of rotatable bonds is 10. The molecule has 6 nitrogen and oxygen atoms in total. The third-order valence-electron chi connectivity index (χ3n) is 5.00. The molecule has 0 saturated carbocycles. The predicted molar refractivity (Wildman–Crippen MR) is 115 cm³/mol. The number of unbranched alkanes of at least 4 members (excludes halogenated alkanes) is 2. The molecule has 3 rings (SSSR count). The molecule has 0 spiro atoms. The SMILES string of the molecule is CCCCCN(Cc1nc2cccnc2n1CCC)C(=O)c1cccc(OC)c1. The standard InChI is InChI=1S/C23H30N4O2/c1-4-6-7-15-26(23(28)18-10-8-11-19(16-18)29-3)17-21-25-20-12-9-13-24-22(20)27(21)14-5-2/h8-13,16H,4-7,14-15,17H2,1-3H3. The van der Waals surface area contributed by atoms with Gasteiger partial charge in [0.2, 0.25) is 0 Å². The zero-order valence-electron chi connectivity index (χ0n) is 17.6. The van der Waals surface area contributed by atoms with Crippen molar-refractivity contribution in [2.45, 2.75) is 52.6 Å². The fourth-order valence-corrected chi connectivity index (χ4v) is 3.50. The van der Waals surface area contributed by atoms with Crippen LogP contribution in [0.25, 0.3) is 11.2 Å². The van der Waals surface area contributed by atoms with Gasteiger partial charge < -0.3 is 14.2 Å². The summed E-state index contributed by atoms with van der Waals surface area (Å²) < 4.78 is 7.44. The third-order valence-corrected chi connectivity index (χ3v) is 5.00. The Bertz CT molecular complexity index is 951. The third kappa shape index (κ3) is 4.94. The van der Waals surface area contributed by atoms with Crippen molar-refractivity contribution in [3.8, 4) is 5.75 Å². The summed E-state index contributed by atoms with van der Waals surface area (Å²) in [5, 5.41) is 0. The summed E-state index contributed by atoms with van der Waals surface area (Å²) in [5.41, 5.74) is 2.39. The minimum atomic E-state index is 0.00284. The number of aromatic nitrogens is 3. The molecule has 0 N–H and O–H groups in total. The van der Waals surface area contributed by atoms with E-state index < -0.39 is 0 Å². The molecule has 0 saturated heterocycles. The van der Waals surface area contributed by atoms with Crippen molar-refractivity contribution >= 4 is 17.1 Å². The number of imidazole rings is 1. The first-order valence-corrected chi connectivity index (χ1v) is 10.4. The van der Waals surface area contributed by atoms with Gasteiger partial charge in [0.15, 0.2) is 5.65 Å². The largest absolute Gasteiger partial charge is 0.497 e. The quantitative estimate of drug-likeness (QED) is 0.468. The molecular formula is C23H30N4O2. The van der Waals surface area contributed by atoms with Gasteiger partial charge in [-0.2, -0.15) is 0 Å². The van der Waals surface area contributed by atoms with Crippen LogP contribution < -0.4 is 4.74 Å². The van der Waals surface area contributed by atoms with Crippen molar-refractivity contribution in [3.63, 3.8) is 0 Å². The van der Waals surface area contributed by atoms with Gasteiger partial charge in [0, 0.05) is 24.8 Å². The Hall–Kier alpha value is -2.89. The summed E-state index contributed by atoms with van der Waals surface area (Å²) in [4.78, 5) is 24.5. The lowest BCUT2D eigenvalue weighted by molar-refractivity contribution is 0.0733. The second-order valence-electron chi connectivity index (χ2n) is 7.19. The molecule has 0 atom stereocenters. The Balaban J connectivity index is 1.92. The number of fused-ring (bicyclic) bond motifs is 1.